The topological polar surface area (TPSA) is 38.3 Å². The zero-order valence-corrected chi connectivity index (χ0v) is 12.3. The maximum absolute atomic E-state index is 11.4. The van der Waals surface area contributed by atoms with E-state index in [1.807, 2.05) is 0 Å². The van der Waals surface area contributed by atoms with Crippen LogP contribution in [0, 0.1) is 11.3 Å². The van der Waals surface area contributed by atoms with Gasteiger partial charge in [-0.05, 0) is 26.2 Å². The van der Waals surface area contributed by atoms with Crippen LogP contribution in [0.15, 0.2) is 0 Å². The van der Waals surface area contributed by atoms with E-state index in [4.69, 9.17) is 4.74 Å². The second-order valence-electron chi connectivity index (χ2n) is 6.38. The fraction of sp³-hybridized carbons (Fsp3) is 1.00. The molecule has 1 spiro atoms. The van der Waals surface area contributed by atoms with Gasteiger partial charge in [0.25, 0.3) is 0 Å². The van der Waals surface area contributed by atoms with Crippen LogP contribution >= 0.6 is 0 Å². The Hall–Kier alpha value is 0.0700. The predicted molar refractivity (Wildman–Crippen MR) is 74.1 cm³/mol. The highest BCUT2D eigenvalue weighted by Gasteiger charge is 2.64. The molecule has 2 saturated carbocycles. The van der Waals surface area contributed by atoms with Crippen LogP contribution in [0.3, 0.4) is 0 Å². The number of nitrogens with one attached hydrogen (secondary N) is 1. The van der Waals surface area contributed by atoms with E-state index in [-0.39, 0.29) is 5.25 Å². The summed E-state index contributed by atoms with van der Waals surface area (Å²) in [5, 5.41) is 3.99. The van der Waals surface area contributed by atoms with Gasteiger partial charge in [0, 0.05) is 52.8 Å². The van der Waals surface area contributed by atoms with Gasteiger partial charge in [-0.2, -0.15) is 0 Å². The molecule has 18 heavy (non-hydrogen) atoms. The third-order valence-corrected chi connectivity index (χ3v) is 6.78. The molecule has 1 saturated heterocycles. The molecule has 5 unspecified atom stereocenters. The fourth-order valence-corrected chi connectivity index (χ4v) is 4.75. The molecule has 2 aliphatic carbocycles. The van der Waals surface area contributed by atoms with E-state index in [0.29, 0.717) is 17.6 Å². The minimum absolute atomic E-state index is 0.254. The summed E-state index contributed by atoms with van der Waals surface area (Å²) >= 11 is 0. The normalized spacial score (nSPS) is 40.4. The molecule has 0 aromatic heterocycles. The Kier molecular flexibility index (Phi) is 3.54. The molecular formula is C14H25NO2S. The zero-order chi connectivity index (χ0) is 12.8. The lowest BCUT2D eigenvalue weighted by Gasteiger charge is -2.57. The van der Waals surface area contributed by atoms with E-state index in [0.717, 1.165) is 19.1 Å². The molecule has 1 aliphatic heterocycles. The van der Waals surface area contributed by atoms with Crippen LogP contribution < -0.4 is 5.32 Å². The van der Waals surface area contributed by atoms with Crippen molar-refractivity contribution in [1.29, 1.82) is 0 Å². The number of hydrogen-bond donors (Lipinski definition) is 1. The van der Waals surface area contributed by atoms with Gasteiger partial charge >= 0.3 is 0 Å². The second kappa shape index (κ2) is 4.88. The maximum Gasteiger partial charge on any atom is 0.0690 e. The standard InChI is InChI=1S/C14H25NO2S/c1-10(18(2)16)9-15-12-11-5-8-17-13(11)14(12)6-3-4-7-14/h10-13,15H,3-9H2,1-2H3. The third kappa shape index (κ3) is 1.88. The molecule has 104 valence electrons. The summed E-state index contributed by atoms with van der Waals surface area (Å²) < 4.78 is 17.4. The third-order valence-electron chi connectivity index (χ3n) is 5.48. The average molecular weight is 271 g/mol. The van der Waals surface area contributed by atoms with Crippen molar-refractivity contribution in [3.8, 4) is 0 Å². The average Bonchev–Trinajstić information content (AvgIpc) is 2.95. The lowest BCUT2D eigenvalue weighted by atomic mass is 9.54. The van der Waals surface area contributed by atoms with Gasteiger partial charge in [-0.25, -0.2) is 0 Å². The van der Waals surface area contributed by atoms with Gasteiger partial charge in [-0.15, -0.1) is 0 Å². The first-order valence-electron chi connectivity index (χ1n) is 7.32. The van der Waals surface area contributed by atoms with Gasteiger partial charge in [-0.3, -0.25) is 4.21 Å². The first kappa shape index (κ1) is 13.1. The van der Waals surface area contributed by atoms with Gasteiger partial charge in [0.1, 0.15) is 0 Å². The second-order valence-corrected chi connectivity index (χ2v) is 8.18. The van der Waals surface area contributed by atoms with E-state index < -0.39 is 10.8 Å². The molecule has 1 heterocycles. The summed E-state index contributed by atoms with van der Waals surface area (Å²) in [5.41, 5.74) is 0.427. The molecule has 0 aromatic rings. The Labute approximate surface area is 113 Å². The van der Waals surface area contributed by atoms with E-state index in [9.17, 15) is 4.21 Å². The van der Waals surface area contributed by atoms with Crippen LogP contribution in [-0.4, -0.2) is 41.0 Å². The largest absolute Gasteiger partial charge is 0.377 e. The van der Waals surface area contributed by atoms with Crippen molar-refractivity contribution in [2.75, 3.05) is 19.4 Å². The molecule has 3 nitrogen and oxygen atoms in total. The maximum atomic E-state index is 11.4. The Morgan fingerprint density at radius 3 is 2.83 bits per heavy atom. The van der Waals surface area contributed by atoms with Crippen LogP contribution in [0.4, 0.5) is 0 Å². The van der Waals surface area contributed by atoms with Crippen molar-refractivity contribution >= 4 is 10.8 Å². The Bertz CT molecular complexity index is 341. The van der Waals surface area contributed by atoms with Crippen molar-refractivity contribution in [3.05, 3.63) is 0 Å². The highest BCUT2D eigenvalue weighted by Crippen LogP contribution is 2.60. The van der Waals surface area contributed by atoms with Crippen LogP contribution in [0.1, 0.15) is 39.0 Å². The molecule has 0 amide bonds. The van der Waals surface area contributed by atoms with E-state index >= 15 is 0 Å². The SMILES string of the molecule is CC(CNC1C2CCOC2C12CCCC2)S(C)=O. The van der Waals surface area contributed by atoms with E-state index in [1.165, 1.54) is 32.1 Å². The molecule has 3 fully saturated rings. The summed E-state index contributed by atoms with van der Waals surface area (Å²) in [6.45, 7) is 3.91. The molecular weight excluding hydrogens is 246 g/mol. The fourth-order valence-electron chi connectivity index (χ4n) is 4.42. The summed E-state index contributed by atoms with van der Waals surface area (Å²) in [7, 11) is -0.718. The molecule has 0 bridgehead atoms. The van der Waals surface area contributed by atoms with Crippen LogP contribution in [-0.2, 0) is 15.5 Å². The quantitative estimate of drug-likeness (QED) is 0.845. The van der Waals surface area contributed by atoms with Gasteiger partial charge < -0.3 is 10.1 Å². The molecule has 1 N–H and O–H groups in total. The first-order chi connectivity index (χ1) is 8.65. The summed E-state index contributed by atoms with van der Waals surface area (Å²) in [6.07, 6.45) is 8.93. The van der Waals surface area contributed by atoms with Gasteiger partial charge in [0.05, 0.1) is 6.10 Å². The minimum atomic E-state index is -0.718. The Morgan fingerprint density at radius 2 is 2.17 bits per heavy atom. The molecule has 0 radical (unpaired) electrons. The number of fused-ring (bicyclic) bond motifs is 2. The van der Waals surface area contributed by atoms with Gasteiger partial charge in [-0.1, -0.05) is 12.8 Å². The Balaban J connectivity index is 1.65. The van der Waals surface area contributed by atoms with Gasteiger partial charge in [0.2, 0.25) is 0 Å². The number of hydrogen-bond acceptors (Lipinski definition) is 3. The summed E-state index contributed by atoms with van der Waals surface area (Å²) in [6, 6.07) is 0.624. The minimum Gasteiger partial charge on any atom is -0.377 e. The lowest BCUT2D eigenvalue weighted by Crippen LogP contribution is -2.68. The highest BCUT2D eigenvalue weighted by molar-refractivity contribution is 7.84. The number of ether oxygens (including phenoxy) is 1. The summed E-state index contributed by atoms with van der Waals surface area (Å²) in [4.78, 5) is 0. The van der Waals surface area contributed by atoms with Crippen molar-refractivity contribution in [3.63, 3.8) is 0 Å². The molecule has 4 heteroatoms. The van der Waals surface area contributed by atoms with Crippen LogP contribution in [0.2, 0.25) is 0 Å². The molecule has 5 atom stereocenters. The monoisotopic (exact) mass is 271 g/mol. The molecule has 3 aliphatic rings. The van der Waals surface area contributed by atoms with Crippen molar-refractivity contribution in [2.24, 2.45) is 11.3 Å². The van der Waals surface area contributed by atoms with E-state index in [1.54, 1.807) is 6.26 Å². The zero-order valence-electron chi connectivity index (χ0n) is 11.5. The van der Waals surface area contributed by atoms with Crippen molar-refractivity contribution in [1.82, 2.24) is 5.32 Å². The van der Waals surface area contributed by atoms with Crippen LogP contribution in [0.25, 0.3) is 0 Å². The highest BCUT2D eigenvalue weighted by atomic mass is 32.2. The van der Waals surface area contributed by atoms with Crippen LogP contribution in [0.5, 0.6) is 0 Å². The smallest absolute Gasteiger partial charge is 0.0690 e. The Morgan fingerprint density at radius 1 is 1.44 bits per heavy atom. The summed E-state index contributed by atoms with van der Waals surface area (Å²) in [5.74, 6) is 0.723. The number of rotatable bonds is 4. The van der Waals surface area contributed by atoms with Crippen molar-refractivity contribution < 1.29 is 8.95 Å². The lowest BCUT2D eigenvalue weighted by molar-refractivity contribution is -0.130. The van der Waals surface area contributed by atoms with Crippen molar-refractivity contribution in [2.45, 2.75) is 56.4 Å². The molecule has 0 aromatic carbocycles. The van der Waals surface area contributed by atoms with Gasteiger partial charge in [0.15, 0.2) is 0 Å². The van der Waals surface area contributed by atoms with E-state index in [2.05, 4.69) is 12.2 Å². The predicted octanol–water partition coefficient (Wildman–Crippen LogP) is 1.69. The first-order valence-corrected chi connectivity index (χ1v) is 8.94. The molecule has 3 rings (SSSR count).